The van der Waals surface area contributed by atoms with Crippen LogP contribution in [-0.4, -0.2) is 28.7 Å². The third kappa shape index (κ3) is 3.44. The molecule has 92 valence electrons. The summed E-state index contributed by atoms with van der Waals surface area (Å²) < 4.78 is 1.97. The van der Waals surface area contributed by atoms with Crippen LogP contribution in [0.2, 0.25) is 0 Å². The van der Waals surface area contributed by atoms with Gasteiger partial charge in [-0.2, -0.15) is 0 Å². The summed E-state index contributed by atoms with van der Waals surface area (Å²) in [5, 5.41) is 0. The highest BCUT2D eigenvalue weighted by atomic mass is 127. The van der Waals surface area contributed by atoms with E-state index in [1.165, 1.54) is 0 Å². The molecule has 0 radical (unpaired) electrons. The topological polar surface area (TPSA) is 20.3 Å². The van der Waals surface area contributed by atoms with Crippen LogP contribution in [0.4, 0.5) is 0 Å². The van der Waals surface area contributed by atoms with E-state index in [1.54, 1.807) is 0 Å². The molecular formula is C12H12Br2INO. The van der Waals surface area contributed by atoms with Crippen molar-refractivity contribution in [2.45, 2.75) is 17.7 Å². The molecule has 0 aliphatic carbocycles. The van der Waals surface area contributed by atoms with Gasteiger partial charge in [0.1, 0.15) is 0 Å². The summed E-state index contributed by atoms with van der Waals surface area (Å²) in [7, 11) is 0. The molecule has 5 heteroatoms. The van der Waals surface area contributed by atoms with Crippen LogP contribution in [0.5, 0.6) is 0 Å². The van der Waals surface area contributed by atoms with Gasteiger partial charge >= 0.3 is 0 Å². The Kier molecular flexibility index (Phi) is 4.88. The number of hydrogen-bond donors (Lipinski definition) is 0. The molecule has 1 aromatic rings. The van der Waals surface area contributed by atoms with Gasteiger partial charge in [-0.25, -0.2) is 0 Å². The standard InChI is InChI=1S/C12H12Br2INO/c13-8-3-5-16(6-4-8)12(17)10-7-9(15)1-2-11(10)14/h1-2,7-8H,3-6H2. The zero-order chi connectivity index (χ0) is 12.4. The quantitative estimate of drug-likeness (QED) is 0.446. The molecule has 2 rings (SSSR count). The van der Waals surface area contributed by atoms with Gasteiger partial charge in [0.2, 0.25) is 0 Å². The fourth-order valence-electron chi connectivity index (χ4n) is 1.88. The van der Waals surface area contributed by atoms with E-state index in [0.29, 0.717) is 4.83 Å². The van der Waals surface area contributed by atoms with Gasteiger partial charge < -0.3 is 4.90 Å². The van der Waals surface area contributed by atoms with E-state index in [4.69, 9.17) is 0 Å². The van der Waals surface area contributed by atoms with Crippen LogP contribution in [0.1, 0.15) is 23.2 Å². The SMILES string of the molecule is O=C(c1cc(I)ccc1Br)N1CCC(Br)CC1. The van der Waals surface area contributed by atoms with Gasteiger partial charge in [0, 0.05) is 26.0 Å². The highest BCUT2D eigenvalue weighted by molar-refractivity contribution is 14.1. The molecule has 17 heavy (non-hydrogen) atoms. The number of amides is 1. The second-order valence-electron chi connectivity index (χ2n) is 4.09. The van der Waals surface area contributed by atoms with Gasteiger partial charge in [0.15, 0.2) is 0 Å². The van der Waals surface area contributed by atoms with Crippen LogP contribution in [0.15, 0.2) is 22.7 Å². The van der Waals surface area contributed by atoms with Crippen molar-refractivity contribution in [3.05, 3.63) is 31.8 Å². The lowest BCUT2D eigenvalue weighted by Gasteiger charge is -2.29. The van der Waals surface area contributed by atoms with Crippen molar-refractivity contribution in [1.29, 1.82) is 0 Å². The summed E-state index contributed by atoms with van der Waals surface area (Å²) in [4.78, 5) is 14.9. The van der Waals surface area contributed by atoms with Crippen LogP contribution in [0.25, 0.3) is 0 Å². The second-order valence-corrected chi connectivity index (χ2v) is 7.49. The molecule has 1 aliphatic heterocycles. The van der Waals surface area contributed by atoms with Crippen LogP contribution in [-0.2, 0) is 0 Å². The number of alkyl halides is 1. The van der Waals surface area contributed by atoms with Crippen molar-refractivity contribution in [3.8, 4) is 0 Å². The van der Waals surface area contributed by atoms with E-state index < -0.39 is 0 Å². The minimum atomic E-state index is 0.134. The molecule has 1 heterocycles. The van der Waals surface area contributed by atoms with Crippen LogP contribution in [0.3, 0.4) is 0 Å². The number of carbonyl (C=O) groups is 1. The fraction of sp³-hybridized carbons (Fsp3) is 0.417. The lowest BCUT2D eigenvalue weighted by Crippen LogP contribution is -2.38. The summed E-state index contributed by atoms with van der Waals surface area (Å²) in [6.07, 6.45) is 2.07. The number of hydrogen-bond acceptors (Lipinski definition) is 1. The molecule has 2 nitrogen and oxygen atoms in total. The minimum absolute atomic E-state index is 0.134. The Bertz CT molecular complexity index is 431. The van der Waals surface area contributed by atoms with Crippen molar-refractivity contribution in [2.24, 2.45) is 0 Å². The fourth-order valence-corrected chi connectivity index (χ4v) is 3.20. The summed E-state index contributed by atoms with van der Waals surface area (Å²) in [5.74, 6) is 0.134. The molecule has 1 aliphatic rings. The molecule has 0 aromatic heterocycles. The molecule has 1 saturated heterocycles. The normalized spacial score (nSPS) is 17.2. The number of carbonyl (C=O) groups excluding carboxylic acids is 1. The van der Waals surface area contributed by atoms with Crippen molar-refractivity contribution < 1.29 is 4.79 Å². The largest absolute Gasteiger partial charge is 0.339 e. The molecule has 1 fully saturated rings. The zero-order valence-electron chi connectivity index (χ0n) is 9.13. The maximum atomic E-state index is 12.4. The van der Waals surface area contributed by atoms with Gasteiger partial charge in [-0.15, -0.1) is 0 Å². The van der Waals surface area contributed by atoms with Crippen LogP contribution in [0, 0.1) is 3.57 Å². The molecule has 1 aromatic carbocycles. The van der Waals surface area contributed by atoms with Crippen LogP contribution >= 0.6 is 54.5 Å². The number of piperidine rings is 1. The molecule has 1 amide bonds. The van der Waals surface area contributed by atoms with Gasteiger partial charge in [-0.05, 0) is 69.6 Å². The Hall–Kier alpha value is 0.380. The molecular weight excluding hydrogens is 461 g/mol. The first-order valence-electron chi connectivity index (χ1n) is 5.46. The highest BCUT2D eigenvalue weighted by Gasteiger charge is 2.23. The van der Waals surface area contributed by atoms with Gasteiger partial charge in [0.05, 0.1) is 5.56 Å². The van der Waals surface area contributed by atoms with E-state index in [9.17, 15) is 4.79 Å². The first-order chi connectivity index (χ1) is 8.08. The molecule has 0 unspecified atom stereocenters. The van der Waals surface area contributed by atoms with E-state index >= 15 is 0 Å². The third-order valence-corrected chi connectivity index (χ3v) is 5.15. The minimum Gasteiger partial charge on any atom is -0.339 e. The average molecular weight is 473 g/mol. The predicted molar refractivity (Wildman–Crippen MR) is 84.7 cm³/mol. The van der Waals surface area contributed by atoms with Crippen molar-refractivity contribution in [2.75, 3.05) is 13.1 Å². The van der Waals surface area contributed by atoms with Gasteiger partial charge in [0.25, 0.3) is 5.91 Å². The van der Waals surface area contributed by atoms with Crippen molar-refractivity contribution in [3.63, 3.8) is 0 Å². The lowest BCUT2D eigenvalue weighted by atomic mass is 10.1. The third-order valence-electron chi connectivity index (χ3n) is 2.87. The van der Waals surface area contributed by atoms with E-state index in [1.807, 2.05) is 23.1 Å². The Morgan fingerprint density at radius 3 is 2.65 bits per heavy atom. The zero-order valence-corrected chi connectivity index (χ0v) is 14.5. The van der Waals surface area contributed by atoms with Crippen molar-refractivity contribution >= 4 is 60.4 Å². The summed E-state index contributed by atoms with van der Waals surface area (Å²) >= 11 is 9.28. The Morgan fingerprint density at radius 2 is 2.00 bits per heavy atom. The first kappa shape index (κ1) is 13.8. The second kappa shape index (κ2) is 6.02. The summed E-state index contributed by atoms with van der Waals surface area (Å²) in [6.45, 7) is 1.68. The smallest absolute Gasteiger partial charge is 0.255 e. The molecule has 0 spiro atoms. The molecule has 0 bridgehead atoms. The highest BCUT2D eigenvalue weighted by Crippen LogP contribution is 2.24. The number of likely N-dealkylation sites (tertiary alicyclic amines) is 1. The van der Waals surface area contributed by atoms with E-state index in [2.05, 4.69) is 54.5 Å². The molecule has 0 atom stereocenters. The average Bonchev–Trinajstić information content (AvgIpc) is 2.32. The van der Waals surface area contributed by atoms with Crippen LogP contribution < -0.4 is 0 Å². The summed E-state index contributed by atoms with van der Waals surface area (Å²) in [6, 6.07) is 5.87. The maximum absolute atomic E-state index is 12.4. The Morgan fingerprint density at radius 1 is 1.35 bits per heavy atom. The van der Waals surface area contributed by atoms with E-state index in [0.717, 1.165) is 39.5 Å². The van der Waals surface area contributed by atoms with Gasteiger partial charge in [-0.3, -0.25) is 4.79 Å². The number of rotatable bonds is 1. The van der Waals surface area contributed by atoms with E-state index in [-0.39, 0.29) is 5.91 Å². The lowest BCUT2D eigenvalue weighted by molar-refractivity contribution is 0.0727. The number of benzene rings is 1. The molecule has 0 saturated carbocycles. The molecule has 0 N–H and O–H groups in total. The number of halogens is 3. The Balaban J connectivity index is 2.16. The monoisotopic (exact) mass is 471 g/mol. The maximum Gasteiger partial charge on any atom is 0.255 e. The predicted octanol–water partition coefficient (Wildman–Crippen LogP) is 4.05. The van der Waals surface area contributed by atoms with Crippen molar-refractivity contribution in [1.82, 2.24) is 4.90 Å². The first-order valence-corrected chi connectivity index (χ1v) is 8.25. The summed E-state index contributed by atoms with van der Waals surface area (Å²) in [5.41, 5.74) is 0.768. The Labute approximate surface area is 132 Å². The van der Waals surface area contributed by atoms with Gasteiger partial charge in [-0.1, -0.05) is 15.9 Å². The number of nitrogens with zero attached hydrogens (tertiary/aromatic N) is 1.